The SMILES string of the molecule is NCc1cnc(NCc2cccc3ccccc23)s1. The summed E-state index contributed by atoms with van der Waals surface area (Å²) in [5, 5.41) is 6.84. The minimum absolute atomic E-state index is 0.549. The zero-order chi connectivity index (χ0) is 13.1. The highest BCUT2D eigenvalue weighted by Gasteiger charge is 2.03. The Balaban J connectivity index is 1.81. The third kappa shape index (κ3) is 2.59. The van der Waals surface area contributed by atoms with E-state index in [9.17, 15) is 0 Å². The number of benzene rings is 2. The van der Waals surface area contributed by atoms with Crippen LogP contribution in [-0.4, -0.2) is 4.98 Å². The third-order valence-electron chi connectivity index (χ3n) is 3.06. The molecule has 0 bridgehead atoms. The Kier molecular flexibility index (Phi) is 3.44. The van der Waals surface area contributed by atoms with Crippen molar-refractivity contribution in [3.63, 3.8) is 0 Å². The Morgan fingerprint density at radius 3 is 2.79 bits per heavy atom. The van der Waals surface area contributed by atoms with Crippen molar-refractivity contribution in [2.75, 3.05) is 5.32 Å². The fraction of sp³-hybridized carbons (Fsp3) is 0.133. The van der Waals surface area contributed by atoms with Gasteiger partial charge >= 0.3 is 0 Å². The van der Waals surface area contributed by atoms with E-state index < -0.39 is 0 Å². The van der Waals surface area contributed by atoms with Gasteiger partial charge in [-0.3, -0.25) is 0 Å². The first-order valence-corrected chi connectivity index (χ1v) is 7.04. The van der Waals surface area contributed by atoms with Gasteiger partial charge in [-0.2, -0.15) is 0 Å². The monoisotopic (exact) mass is 269 g/mol. The van der Waals surface area contributed by atoms with Crippen LogP contribution >= 0.6 is 11.3 Å². The van der Waals surface area contributed by atoms with Crippen molar-refractivity contribution in [3.05, 3.63) is 59.1 Å². The Morgan fingerprint density at radius 2 is 1.95 bits per heavy atom. The second-order valence-electron chi connectivity index (χ2n) is 4.33. The van der Waals surface area contributed by atoms with Gasteiger partial charge in [0, 0.05) is 24.2 Å². The second-order valence-corrected chi connectivity index (χ2v) is 5.44. The number of nitrogens with one attached hydrogen (secondary N) is 1. The molecule has 0 spiro atoms. The normalized spacial score (nSPS) is 10.8. The fourth-order valence-corrected chi connectivity index (χ4v) is 2.79. The molecular formula is C15H15N3S. The molecule has 3 nitrogen and oxygen atoms in total. The second kappa shape index (κ2) is 5.38. The van der Waals surface area contributed by atoms with Gasteiger partial charge in [0.15, 0.2) is 5.13 Å². The molecule has 4 heteroatoms. The summed E-state index contributed by atoms with van der Waals surface area (Å²) in [5.74, 6) is 0. The van der Waals surface area contributed by atoms with Gasteiger partial charge in [-0.1, -0.05) is 42.5 Å². The van der Waals surface area contributed by atoms with E-state index in [4.69, 9.17) is 5.73 Å². The standard InChI is InChI=1S/C15H15N3S/c16-8-13-10-18-15(19-13)17-9-12-6-3-5-11-4-1-2-7-14(11)12/h1-7,10H,8-9,16H2,(H,17,18). The van der Waals surface area contributed by atoms with Crippen molar-refractivity contribution in [3.8, 4) is 0 Å². The van der Waals surface area contributed by atoms with Gasteiger partial charge in [0.05, 0.1) is 0 Å². The number of rotatable bonds is 4. The molecule has 0 unspecified atom stereocenters. The maximum Gasteiger partial charge on any atom is 0.183 e. The number of nitrogens with two attached hydrogens (primary N) is 1. The summed E-state index contributed by atoms with van der Waals surface area (Å²) >= 11 is 1.61. The van der Waals surface area contributed by atoms with Crippen LogP contribution in [0.15, 0.2) is 48.7 Å². The summed E-state index contributed by atoms with van der Waals surface area (Å²) in [7, 11) is 0. The maximum atomic E-state index is 5.59. The smallest absolute Gasteiger partial charge is 0.183 e. The van der Waals surface area contributed by atoms with Gasteiger partial charge in [0.25, 0.3) is 0 Å². The molecule has 96 valence electrons. The lowest BCUT2D eigenvalue weighted by atomic mass is 10.0. The molecular weight excluding hydrogens is 254 g/mol. The molecule has 0 saturated heterocycles. The summed E-state index contributed by atoms with van der Waals surface area (Å²) in [4.78, 5) is 5.41. The molecule has 0 aliphatic carbocycles. The van der Waals surface area contributed by atoms with Crippen LogP contribution < -0.4 is 11.1 Å². The largest absolute Gasteiger partial charge is 0.357 e. The van der Waals surface area contributed by atoms with Crippen molar-refractivity contribution >= 4 is 27.2 Å². The maximum absolute atomic E-state index is 5.59. The number of nitrogens with zero attached hydrogens (tertiary/aromatic N) is 1. The van der Waals surface area contributed by atoms with Gasteiger partial charge in [-0.15, -0.1) is 11.3 Å². The number of anilines is 1. The van der Waals surface area contributed by atoms with Crippen molar-refractivity contribution in [1.82, 2.24) is 4.98 Å². The number of hydrogen-bond acceptors (Lipinski definition) is 4. The predicted octanol–water partition coefficient (Wildman–Crippen LogP) is 3.37. The van der Waals surface area contributed by atoms with Crippen molar-refractivity contribution in [1.29, 1.82) is 0 Å². The molecule has 0 amide bonds. The molecule has 1 heterocycles. The van der Waals surface area contributed by atoms with E-state index in [2.05, 4.69) is 52.8 Å². The third-order valence-corrected chi connectivity index (χ3v) is 4.04. The molecule has 1 aromatic heterocycles. The summed E-state index contributed by atoms with van der Waals surface area (Å²) < 4.78 is 0. The van der Waals surface area contributed by atoms with E-state index in [1.54, 1.807) is 11.3 Å². The first kappa shape index (κ1) is 12.1. The Hall–Kier alpha value is -1.91. The molecule has 0 fully saturated rings. The van der Waals surface area contributed by atoms with E-state index in [1.165, 1.54) is 16.3 Å². The minimum atomic E-state index is 0.549. The molecule has 0 aliphatic rings. The van der Waals surface area contributed by atoms with E-state index >= 15 is 0 Å². The van der Waals surface area contributed by atoms with Crippen LogP contribution in [0.2, 0.25) is 0 Å². The molecule has 0 saturated carbocycles. The summed E-state index contributed by atoms with van der Waals surface area (Å²) in [6.45, 7) is 1.33. The zero-order valence-corrected chi connectivity index (χ0v) is 11.3. The Labute approximate surface area is 116 Å². The lowest BCUT2D eigenvalue weighted by Gasteiger charge is -2.07. The fourth-order valence-electron chi connectivity index (χ4n) is 2.10. The quantitative estimate of drug-likeness (QED) is 0.763. The molecule has 0 atom stereocenters. The summed E-state index contributed by atoms with van der Waals surface area (Å²) in [5.41, 5.74) is 6.87. The summed E-state index contributed by atoms with van der Waals surface area (Å²) in [6, 6.07) is 14.8. The minimum Gasteiger partial charge on any atom is -0.357 e. The van der Waals surface area contributed by atoms with E-state index in [0.717, 1.165) is 16.6 Å². The average molecular weight is 269 g/mol. The van der Waals surface area contributed by atoms with Crippen LogP contribution in [0, 0.1) is 0 Å². The Morgan fingerprint density at radius 1 is 1.11 bits per heavy atom. The molecule has 3 rings (SSSR count). The highest BCUT2D eigenvalue weighted by molar-refractivity contribution is 7.15. The molecule has 0 aliphatic heterocycles. The predicted molar refractivity (Wildman–Crippen MR) is 81.3 cm³/mol. The lowest BCUT2D eigenvalue weighted by Crippen LogP contribution is -1.99. The van der Waals surface area contributed by atoms with Gasteiger partial charge in [0.1, 0.15) is 0 Å². The highest BCUT2D eigenvalue weighted by Crippen LogP contribution is 2.21. The van der Waals surface area contributed by atoms with Crippen LogP contribution in [0.3, 0.4) is 0 Å². The molecule has 2 aromatic carbocycles. The van der Waals surface area contributed by atoms with Gasteiger partial charge in [-0.05, 0) is 16.3 Å². The average Bonchev–Trinajstić information content (AvgIpc) is 2.93. The van der Waals surface area contributed by atoms with Crippen LogP contribution in [0.5, 0.6) is 0 Å². The van der Waals surface area contributed by atoms with Crippen LogP contribution in [0.25, 0.3) is 10.8 Å². The first-order valence-electron chi connectivity index (χ1n) is 6.22. The topological polar surface area (TPSA) is 50.9 Å². The molecule has 3 N–H and O–H groups in total. The lowest BCUT2D eigenvalue weighted by molar-refractivity contribution is 1.09. The number of fused-ring (bicyclic) bond motifs is 1. The Bertz CT molecular complexity index is 685. The van der Waals surface area contributed by atoms with Crippen molar-refractivity contribution < 1.29 is 0 Å². The number of thiazole rings is 1. The van der Waals surface area contributed by atoms with Crippen molar-refractivity contribution in [2.24, 2.45) is 5.73 Å². The first-order chi connectivity index (χ1) is 9.36. The van der Waals surface area contributed by atoms with E-state index in [0.29, 0.717) is 6.54 Å². The van der Waals surface area contributed by atoms with E-state index in [1.807, 2.05) is 6.20 Å². The zero-order valence-electron chi connectivity index (χ0n) is 10.5. The van der Waals surface area contributed by atoms with Crippen molar-refractivity contribution in [2.45, 2.75) is 13.1 Å². The highest BCUT2D eigenvalue weighted by atomic mass is 32.1. The number of aromatic nitrogens is 1. The van der Waals surface area contributed by atoms with Gasteiger partial charge in [-0.25, -0.2) is 4.98 Å². The molecule has 19 heavy (non-hydrogen) atoms. The molecule has 0 radical (unpaired) electrons. The van der Waals surface area contributed by atoms with E-state index in [-0.39, 0.29) is 0 Å². The van der Waals surface area contributed by atoms with Crippen LogP contribution in [-0.2, 0) is 13.1 Å². The number of hydrogen-bond donors (Lipinski definition) is 2. The van der Waals surface area contributed by atoms with Crippen LogP contribution in [0.4, 0.5) is 5.13 Å². The summed E-state index contributed by atoms with van der Waals surface area (Å²) in [6.07, 6.45) is 1.83. The van der Waals surface area contributed by atoms with Gasteiger partial charge in [0.2, 0.25) is 0 Å². The van der Waals surface area contributed by atoms with Gasteiger partial charge < -0.3 is 11.1 Å². The molecule has 3 aromatic rings. The van der Waals surface area contributed by atoms with Crippen LogP contribution in [0.1, 0.15) is 10.4 Å².